The van der Waals surface area contributed by atoms with Gasteiger partial charge in [-0.2, -0.15) is 0 Å². The van der Waals surface area contributed by atoms with Gasteiger partial charge in [0.15, 0.2) is 0 Å². The van der Waals surface area contributed by atoms with Crippen LogP contribution in [-0.4, -0.2) is 0 Å². The summed E-state index contributed by atoms with van der Waals surface area (Å²) in [5.41, 5.74) is 26.3. The number of hydrogen-bond acceptors (Lipinski definition) is 3. The largest absolute Gasteiger partial charge is 0.314 e. The molecule has 75 heavy (non-hydrogen) atoms. The van der Waals surface area contributed by atoms with Crippen LogP contribution in [0.3, 0.4) is 0 Å². The Kier molecular flexibility index (Phi) is 10.9. The Morgan fingerprint density at radius 1 is 0.413 bits per heavy atom. The molecule has 1 heterocycles. The molecule has 0 N–H and O–H groups in total. The molecule has 0 saturated heterocycles. The standard InChI is InChI=1S/C72H55N3/c1-50-46-61(48-64(71(50)54-39-38-51-22-14-15-23-53(51)47-54)52-40-42-59(43-41-52)73(55-24-6-2-7-25-55)56-26-8-3-9-27-56)74(57-28-10-4-11-29-57)60-44-45-70-68(49-60)72(65-34-18-16-32-62(65)63-33-17-19-35-66(63)72)67-36-20-21-37-69(67)75(70)58-30-12-5-13-31-58/h2-8,10-13,15-21,23-26,28-49H,9,14,22,27H2,1H3. The fourth-order valence-electron chi connectivity index (χ4n) is 12.8. The van der Waals surface area contributed by atoms with Gasteiger partial charge in [-0.25, -0.2) is 0 Å². The molecule has 0 fully saturated rings. The van der Waals surface area contributed by atoms with Crippen molar-refractivity contribution in [3.05, 3.63) is 306 Å². The molecule has 0 saturated carbocycles. The van der Waals surface area contributed by atoms with Gasteiger partial charge in [0.05, 0.1) is 16.8 Å². The van der Waals surface area contributed by atoms with Crippen molar-refractivity contribution >= 4 is 51.6 Å². The van der Waals surface area contributed by atoms with Gasteiger partial charge in [-0.15, -0.1) is 0 Å². The van der Waals surface area contributed by atoms with Gasteiger partial charge in [0, 0.05) is 39.8 Å². The minimum Gasteiger partial charge on any atom is -0.314 e. The second kappa shape index (κ2) is 18.4. The Morgan fingerprint density at radius 3 is 1.71 bits per heavy atom. The summed E-state index contributed by atoms with van der Waals surface area (Å²) in [6.45, 7) is 2.30. The number of hydrogen-bond donors (Lipinski definition) is 0. The maximum atomic E-state index is 2.51. The van der Waals surface area contributed by atoms with E-state index in [-0.39, 0.29) is 0 Å². The van der Waals surface area contributed by atoms with Crippen molar-refractivity contribution < 1.29 is 0 Å². The molecule has 14 rings (SSSR count). The van der Waals surface area contributed by atoms with E-state index in [0.29, 0.717) is 0 Å². The van der Waals surface area contributed by atoms with Crippen LogP contribution in [0.15, 0.2) is 267 Å². The molecule has 0 radical (unpaired) electrons. The van der Waals surface area contributed by atoms with E-state index in [1.165, 1.54) is 89.4 Å². The number of rotatable bonds is 9. The lowest BCUT2D eigenvalue weighted by Crippen LogP contribution is -2.36. The summed E-state index contributed by atoms with van der Waals surface area (Å²) in [4.78, 5) is 7.38. The molecule has 3 heteroatoms. The molecule has 0 atom stereocenters. The number of para-hydroxylation sites is 4. The summed E-state index contributed by atoms with van der Waals surface area (Å²) in [5.74, 6) is 0. The third-order valence-corrected chi connectivity index (χ3v) is 16.0. The van der Waals surface area contributed by atoms with Crippen LogP contribution in [-0.2, 0) is 11.8 Å². The summed E-state index contributed by atoms with van der Waals surface area (Å²) in [5, 5.41) is 0. The fourth-order valence-corrected chi connectivity index (χ4v) is 12.8. The number of benzene rings is 10. The number of aryl methyl sites for hydroxylation is 2. The van der Waals surface area contributed by atoms with Crippen LogP contribution in [0.5, 0.6) is 0 Å². The molecule has 0 amide bonds. The topological polar surface area (TPSA) is 9.72 Å². The summed E-state index contributed by atoms with van der Waals surface area (Å²) in [6.07, 6.45) is 15.5. The molecular formula is C72H55N3. The maximum Gasteiger partial charge on any atom is 0.0755 e. The van der Waals surface area contributed by atoms with Crippen molar-refractivity contribution in [1.82, 2.24) is 0 Å². The third-order valence-electron chi connectivity index (χ3n) is 16.0. The molecule has 4 aliphatic rings. The average molecular weight is 962 g/mol. The zero-order valence-corrected chi connectivity index (χ0v) is 42.1. The van der Waals surface area contributed by atoms with Gasteiger partial charge >= 0.3 is 0 Å². The Hall–Kier alpha value is -9.18. The summed E-state index contributed by atoms with van der Waals surface area (Å²) < 4.78 is 0. The fraction of sp³-hybridized carbons (Fsp3) is 0.0833. The molecule has 1 aliphatic heterocycles. The normalized spacial score (nSPS) is 14.3. The van der Waals surface area contributed by atoms with E-state index in [4.69, 9.17) is 0 Å². The van der Waals surface area contributed by atoms with Gasteiger partial charge in [-0.05, 0) is 202 Å². The van der Waals surface area contributed by atoms with Crippen LogP contribution in [0.2, 0.25) is 0 Å². The lowest BCUT2D eigenvalue weighted by molar-refractivity contribution is 0.752. The van der Waals surface area contributed by atoms with Crippen LogP contribution in [0.1, 0.15) is 58.2 Å². The van der Waals surface area contributed by atoms with E-state index in [2.05, 4.69) is 289 Å². The first-order valence-electron chi connectivity index (χ1n) is 26.5. The Morgan fingerprint density at radius 2 is 1.00 bits per heavy atom. The molecule has 358 valence electrons. The molecule has 3 nitrogen and oxygen atoms in total. The predicted molar refractivity (Wildman–Crippen MR) is 315 cm³/mol. The van der Waals surface area contributed by atoms with Crippen LogP contribution in [0, 0.1) is 6.92 Å². The highest BCUT2D eigenvalue weighted by Gasteiger charge is 2.52. The zero-order valence-electron chi connectivity index (χ0n) is 42.1. The lowest BCUT2D eigenvalue weighted by atomic mass is 9.64. The second-order valence-corrected chi connectivity index (χ2v) is 20.3. The van der Waals surface area contributed by atoms with E-state index >= 15 is 0 Å². The quantitative estimate of drug-likeness (QED) is 0.143. The number of allylic oxidation sites excluding steroid dienone is 5. The first kappa shape index (κ1) is 44.5. The molecule has 0 unspecified atom stereocenters. The first-order valence-corrected chi connectivity index (χ1v) is 26.5. The smallest absolute Gasteiger partial charge is 0.0755 e. The number of fused-ring (bicyclic) bond motifs is 10. The highest BCUT2D eigenvalue weighted by atomic mass is 15.2. The van der Waals surface area contributed by atoms with Crippen molar-refractivity contribution in [3.63, 3.8) is 0 Å². The maximum absolute atomic E-state index is 2.51. The first-order chi connectivity index (χ1) is 37.1. The van der Waals surface area contributed by atoms with E-state index in [1.54, 1.807) is 0 Å². The van der Waals surface area contributed by atoms with Crippen LogP contribution >= 0.6 is 0 Å². The van der Waals surface area contributed by atoms with E-state index in [1.807, 2.05) is 0 Å². The monoisotopic (exact) mass is 961 g/mol. The number of anilines is 8. The van der Waals surface area contributed by atoms with Crippen molar-refractivity contribution in [3.8, 4) is 33.4 Å². The van der Waals surface area contributed by atoms with Gasteiger partial charge < -0.3 is 14.7 Å². The van der Waals surface area contributed by atoms with Crippen molar-refractivity contribution in [1.29, 1.82) is 0 Å². The van der Waals surface area contributed by atoms with Crippen LogP contribution in [0.25, 0.3) is 39.5 Å². The second-order valence-electron chi connectivity index (χ2n) is 20.3. The summed E-state index contributed by atoms with van der Waals surface area (Å²) in [7, 11) is 0. The molecule has 10 aromatic rings. The SMILES string of the molecule is Cc1cc(N(c2ccccc2)c2ccc3c(c2)C2(c4ccccc4-c4ccccc42)c2ccccc2N3c2ccccc2)cc(-c2ccc(N(C3=CC=CCC3)c3ccccc3)cc2)c1-c1ccc2c(c1)C=CCC2. The van der Waals surface area contributed by atoms with Crippen LogP contribution < -0.4 is 14.7 Å². The van der Waals surface area contributed by atoms with E-state index < -0.39 is 5.41 Å². The van der Waals surface area contributed by atoms with Gasteiger partial charge in [-0.3, -0.25) is 0 Å². The van der Waals surface area contributed by atoms with Gasteiger partial charge in [0.25, 0.3) is 0 Å². The average Bonchev–Trinajstić information content (AvgIpc) is 3.81. The molecule has 1 spiro atoms. The Balaban J connectivity index is 0.997. The summed E-state index contributed by atoms with van der Waals surface area (Å²) in [6, 6.07) is 88.4. The van der Waals surface area contributed by atoms with Gasteiger partial charge in [0.1, 0.15) is 0 Å². The lowest BCUT2D eigenvalue weighted by Gasteiger charge is -2.45. The third kappa shape index (κ3) is 7.33. The highest BCUT2D eigenvalue weighted by Crippen LogP contribution is 2.64. The number of nitrogens with zero attached hydrogens (tertiary/aromatic N) is 3. The Labute approximate surface area is 441 Å². The Bertz CT molecular complexity index is 3860. The van der Waals surface area contributed by atoms with Crippen LogP contribution in [0.4, 0.5) is 45.5 Å². The highest BCUT2D eigenvalue weighted by molar-refractivity contribution is 5.98. The van der Waals surface area contributed by atoms with E-state index in [9.17, 15) is 0 Å². The molecule has 3 aliphatic carbocycles. The zero-order chi connectivity index (χ0) is 49.9. The van der Waals surface area contributed by atoms with Crippen molar-refractivity contribution in [2.24, 2.45) is 0 Å². The van der Waals surface area contributed by atoms with E-state index in [0.717, 1.165) is 59.8 Å². The van der Waals surface area contributed by atoms with Crippen molar-refractivity contribution in [2.45, 2.75) is 38.0 Å². The minimum absolute atomic E-state index is 0.589. The van der Waals surface area contributed by atoms with Crippen molar-refractivity contribution in [2.75, 3.05) is 14.7 Å². The minimum atomic E-state index is -0.589. The molecule has 0 aromatic heterocycles. The van der Waals surface area contributed by atoms with Gasteiger partial charge in [-0.1, -0.05) is 170 Å². The molecule has 10 aromatic carbocycles. The molecule has 0 bridgehead atoms. The predicted octanol–water partition coefficient (Wildman–Crippen LogP) is 19.3. The van der Waals surface area contributed by atoms with Gasteiger partial charge in [0.2, 0.25) is 0 Å². The molecular weight excluding hydrogens is 907 g/mol. The summed E-state index contributed by atoms with van der Waals surface area (Å²) >= 11 is 0.